The molecule has 2 nitrogen and oxygen atoms in total. The van der Waals surface area contributed by atoms with Gasteiger partial charge in [-0.3, -0.25) is 0 Å². The molecule has 2 heteroatoms. The van der Waals surface area contributed by atoms with Gasteiger partial charge in [-0.1, -0.05) is 126 Å². The molecule has 1 aliphatic carbocycles. The van der Waals surface area contributed by atoms with Crippen LogP contribution in [0.1, 0.15) is 124 Å². The lowest BCUT2D eigenvalue weighted by atomic mass is 9.66. The van der Waals surface area contributed by atoms with Gasteiger partial charge < -0.3 is 11.5 Å². The van der Waals surface area contributed by atoms with E-state index >= 15 is 0 Å². The summed E-state index contributed by atoms with van der Waals surface area (Å²) in [5, 5.41) is 0. The molecule has 0 unspecified atom stereocenters. The Kier molecular flexibility index (Phi) is 9.96. The van der Waals surface area contributed by atoms with Gasteiger partial charge >= 0.3 is 0 Å². The van der Waals surface area contributed by atoms with Gasteiger partial charge in [-0.15, -0.1) is 0 Å². The van der Waals surface area contributed by atoms with Crippen LogP contribution in [-0.2, 0) is 31.1 Å². The highest BCUT2D eigenvalue weighted by Gasteiger charge is 2.46. The number of hydrogen-bond acceptors (Lipinski definition) is 2. The van der Waals surface area contributed by atoms with Crippen molar-refractivity contribution in [2.75, 3.05) is 11.5 Å². The predicted octanol–water partition coefficient (Wildman–Crippen LogP) is 10.6. The number of nitrogens with two attached hydrogens (primary N) is 2. The van der Waals surface area contributed by atoms with E-state index in [0.29, 0.717) is 0 Å². The number of nitrogen functional groups attached to an aromatic ring is 2. The standard InChI is InChI=1S/C41H52N2/c1-5-9-17-29-25-33(26-30(39(29)42)18-10-6-2)41(37-23-15-13-21-35(37)36-22-14-16-24-38(36)41)34-27-31(19-11-7-3)40(43)32(28-34)20-12-8-4/h13-16,21-28H,5-12,17-20,42-43H2,1-4H3. The molecule has 4 aromatic rings. The Hall–Kier alpha value is -3.52. The highest BCUT2D eigenvalue weighted by atomic mass is 14.6. The summed E-state index contributed by atoms with van der Waals surface area (Å²) in [6.45, 7) is 9.08. The van der Waals surface area contributed by atoms with E-state index in [1.54, 1.807) is 0 Å². The summed E-state index contributed by atoms with van der Waals surface area (Å²) in [4.78, 5) is 0. The van der Waals surface area contributed by atoms with Crippen LogP contribution in [0.3, 0.4) is 0 Å². The Morgan fingerprint density at radius 1 is 0.465 bits per heavy atom. The Balaban J connectivity index is 1.90. The number of aryl methyl sites for hydroxylation is 4. The summed E-state index contributed by atoms with van der Waals surface area (Å²) in [5.74, 6) is 0. The van der Waals surface area contributed by atoms with Crippen LogP contribution in [0.2, 0.25) is 0 Å². The molecule has 0 atom stereocenters. The highest BCUT2D eigenvalue weighted by Crippen LogP contribution is 2.57. The SMILES string of the molecule is CCCCc1cc(C2(c3cc(CCCC)c(N)c(CCCC)c3)c3ccccc3-c3ccccc32)cc(CCCC)c1N. The van der Waals surface area contributed by atoms with Crippen molar-refractivity contribution < 1.29 is 0 Å². The number of rotatable bonds is 14. The van der Waals surface area contributed by atoms with Crippen molar-refractivity contribution in [1.29, 1.82) is 0 Å². The van der Waals surface area contributed by atoms with Crippen LogP contribution in [-0.4, -0.2) is 0 Å². The van der Waals surface area contributed by atoms with E-state index in [2.05, 4.69) is 100 Å². The monoisotopic (exact) mass is 572 g/mol. The second kappa shape index (κ2) is 13.8. The molecule has 0 spiro atoms. The first kappa shape index (κ1) is 30.9. The molecular formula is C41H52N2. The van der Waals surface area contributed by atoms with Crippen LogP contribution in [0, 0.1) is 0 Å². The number of benzene rings is 4. The van der Waals surface area contributed by atoms with E-state index in [9.17, 15) is 0 Å². The fraction of sp³-hybridized carbons (Fsp3) is 0.415. The minimum Gasteiger partial charge on any atom is -0.398 e. The molecule has 1 aliphatic rings. The Bertz CT molecular complexity index is 1370. The highest BCUT2D eigenvalue weighted by molar-refractivity contribution is 5.87. The molecule has 4 aromatic carbocycles. The zero-order valence-corrected chi connectivity index (χ0v) is 27.1. The first-order valence-electron chi connectivity index (χ1n) is 17.0. The molecule has 0 fully saturated rings. The Morgan fingerprint density at radius 3 is 1.07 bits per heavy atom. The third-order valence-electron chi connectivity index (χ3n) is 9.72. The largest absolute Gasteiger partial charge is 0.398 e. The second-order valence-corrected chi connectivity index (χ2v) is 12.7. The summed E-state index contributed by atoms with van der Waals surface area (Å²) < 4.78 is 0. The van der Waals surface area contributed by atoms with Crippen LogP contribution in [0.4, 0.5) is 11.4 Å². The van der Waals surface area contributed by atoms with E-state index in [1.165, 1.54) is 55.6 Å². The molecular weight excluding hydrogens is 520 g/mol. The molecule has 0 radical (unpaired) electrons. The molecule has 226 valence electrons. The molecule has 0 saturated heterocycles. The van der Waals surface area contributed by atoms with E-state index in [0.717, 1.165) is 88.4 Å². The summed E-state index contributed by atoms with van der Waals surface area (Å²) in [6, 6.07) is 28.1. The van der Waals surface area contributed by atoms with Crippen molar-refractivity contribution in [3.8, 4) is 11.1 Å². The van der Waals surface area contributed by atoms with Gasteiger partial charge in [0, 0.05) is 11.4 Å². The normalized spacial score (nSPS) is 13.2. The van der Waals surface area contributed by atoms with E-state index in [1.807, 2.05) is 0 Å². The third-order valence-corrected chi connectivity index (χ3v) is 9.72. The van der Waals surface area contributed by atoms with Crippen LogP contribution in [0.15, 0.2) is 72.8 Å². The fourth-order valence-electron chi connectivity index (χ4n) is 7.31. The lowest BCUT2D eigenvalue weighted by molar-refractivity contribution is 0.736. The van der Waals surface area contributed by atoms with E-state index < -0.39 is 5.41 Å². The number of fused-ring (bicyclic) bond motifs is 3. The summed E-state index contributed by atoms with van der Waals surface area (Å²) in [6.07, 6.45) is 13.3. The Morgan fingerprint density at radius 2 is 0.767 bits per heavy atom. The third kappa shape index (κ3) is 5.74. The fourth-order valence-corrected chi connectivity index (χ4v) is 7.31. The second-order valence-electron chi connectivity index (χ2n) is 12.7. The summed E-state index contributed by atoms with van der Waals surface area (Å²) >= 11 is 0. The smallest absolute Gasteiger partial charge is 0.0714 e. The van der Waals surface area contributed by atoms with Gasteiger partial charge in [-0.2, -0.15) is 0 Å². The van der Waals surface area contributed by atoms with Crippen molar-refractivity contribution in [1.82, 2.24) is 0 Å². The molecule has 0 amide bonds. The Labute approximate surface area is 260 Å². The summed E-state index contributed by atoms with van der Waals surface area (Å²) in [5.41, 5.74) is 28.8. The zero-order valence-electron chi connectivity index (χ0n) is 27.1. The lowest BCUT2D eigenvalue weighted by Gasteiger charge is -2.36. The molecule has 0 heterocycles. The van der Waals surface area contributed by atoms with Gasteiger partial charge in [0.15, 0.2) is 0 Å². The van der Waals surface area contributed by atoms with Gasteiger partial charge in [0.25, 0.3) is 0 Å². The molecule has 43 heavy (non-hydrogen) atoms. The van der Waals surface area contributed by atoms with Gasteiger partial charge in [-0.05, 0) is 107 Å². The van der Waals surface area contributed by atoms with Gasteiger partial charge in [-0.25, -0.2) is 0 Å². The van der Waals surface area contributed by atoms with Gasteiger partial charge in [0.1, 0.15) is 0 Å². The van der Waals surface area contributed by atoms with Crippen molar-refractivity contribution in [2.45, 2.75) is 110 Å². The molecule has 0 aliphatic heterocycles. The van der Waals surface area contributed by atoms with Gasteiger partial charge in [0.05, 0.1) is 5.41 Å². The first-order valence-corrected chi connectivity index (χ1v) is 17.0. The minimum absolute atomic E-state index is 0.432. The maximum atomic E-state index is 6.96. The maximum Gasteiger partial charge on any atom is 0.0714 e. The molecule has 0 aromatic heterocycles. The van der Waals surface area contributed by atoms with Gasteiger partial charge in [0.2, 0.25) is 0 Å². The molecule has 0 bridgehead atoms. The topological polar surface area (TPSA) is 52.0 Å². The van der Waals surface area contributed by atoms with E-state index in [4.69, 9.17) is 11.5 Å². The quantitative estimate of drug-likeness (QED) is 0.130. The first-order chi connectivity index (χ1) is 21.0. The van der Waals surface area contributed by atoms with E-state index in [-0.39, 0.29) is 0 Å². The van der Waals surface area contributed by atoms with Crippen LogP contribution < -0.4 is 11.5 Å². The lowest BCUT2D eigenvalue weighted by Crippen LogP contribution is -2.30. The van der Waals surface area contributed by atoms with Crippen molar-refractivity contribution in [3.63, 3.8) is 0 Å². The van der Waals surface area contributed by atoms with Crippen molar-refractivity contribution in [3.05, 3.63) is 117 Å². The van der Waals surface area contributed by atoms with Crippen LogP contribution in [0.5, 0.6) is 0 Å². The van der Waals surface area contributed by atoms with Crippen LogP contribution in [0.25, 0.3) is 11.1 Å². The number of unbranched alkanes of at least 4 members (excludes halogenated alkanes) is 4. The predicted molar refractivity (Wildman–Crippen MR) is 187 cm³/mol. The molecule has 4 N–H and O–H groups in total. The number of hydrogen-bond donors (Lipinski definition) is 2. The minimum atomic E-state index is -0.432. The average Bonchev–Trinajstić information content (AvgIpc) is 3.34. The van der Waals surface area contributed by atoms with Crippen LogP contribution >= 0.6 is 0 Å². The molecule has 5 rings (SSSR count). The molecule has 0 saturated carbocycles. The average molecular weight is 573 g/mol. The zero-order chi connectivity index (χ0) is 30.4. The van der Waals surface area contributed by atoms with Crippen molar-refractivity contribution >= 4 is 11.4 Å². The maximum absolute atomic E-state index is 6.96. The number of anilines is 2. The van der Waals surface area contributed by atoms with Crippen molar-refractivity contribution in [2.24, 2.45) is 0 Å². The summed E-state index contributed by atoms with van der Waals surface area (Å²) in [7, 11) is 0.